The van der Waals surface area contributed by atoms with Gasteiger partial charge in [-0.15, -0.1) is 0 Å². The molecule has 4 rings (SSSR count). The molecule has 1 amide bonds. The Bertz CT molecular complexity index is 1240. The van der Waals surface area contributed by atoms with Crippen LogP contribution in [0.15, 0.2) is 53.7 Å². The predicted octanol–water partition coefficient (Wildman–Crippen LogP) is 3.76. The Morgan fingerprint density at radius 1 is 1.32 bits per heavy atom. The Labute approximate surface area is 195 Å². The Balaban J connectivity index is 1.42. The van der Waals surface area contributed by atoms with Crippen LogP contribution in [0.25, 0.3) is 16.7 Å². The number of alkyl halides is 2. The van der Waals surface area contributed by atoms with Gasteiger partial charge >= 0.3 is 0 Å². The van der Waals surface area contributed by atoms with Crippen LogP contribution in [-0.4, -0.2) is 57.9 Å². The number of halogens is 2. The van der Waals surface area contributed by atoms with Gasteiger partial charge < -0.3 is 15.4 Å². The maximum atomic E-state index is 13.6. The molecule has 1 fully saturated rings. The zero-order chi connectivity index (χ0) is 24.2. The summed E-state index contributed by atoms with van der Waals surface area (Å²) in [5.74, 6) is 0.429. The molecule has 1 aliphatic rings. The monoisotopic (exact) mass is 468 g/mol. The van der Waals surface area contributed by atoms with E-state index in [1.54, 1.807) is 54.3 Å². The van der Waals surface area contributed by atoms with Gasteiger partial charge in [-0.1, -0.05) is 12.1 Å². The first-order valence-electron chi connectivity index (χ1n) is 10.9. The second-order valence-corrected chi connectivity index (χ2v) is 8.14. The van der Waals surface area contributed by atoms with Crippen molar-refractivity contribution in [3.63, 3.8) is 0 Å². The number of hydrogen-bond donors (Lipinski definition) is 1. The number of fused-ring (bicyclic) bond motifs is 1. The molecule has 1 atom stereocenters. The molecule has 178 valence electrons. The largest absolute Gasteiger partial charge is 0.481 e. The molecule has 3 heterocycles. The molecule has 1 saturated heterocycles. The number of nitrogens with two attached hydrogens (primary N) is 1. The van der Waals surface area contributed by atoms with E-state index in [0.29, 0.717) is 47.8 Å². The Morgan fingerprint density at radius 3 is 2.82 bits per heavy atom. The Hall–Kier alpha value is -3.82. The highest BCUT2D eigenvalue weighted by molar-refractivity contribution is 5.97. The quantitative estimate of drug-likeness (QED) is 0.421. The van der Waals surface area contributed by atoms with Crippen LogP contribution in [0.4, 0.5) is 8.78 Å². The van der Waals surface area contributed by atoms with Crippen molar-refractivity contribution < 1.29 is 18.3 Å². The maximum absolute atomic E-state index is 13.6. The Morgan fingerprint density at radius 2 is 2.12 bits per heavy atom. The molecule has 0 radical (unpaired) electrons. The number of likely N-dealkylation sites (tertiary alicyclic amines) is 1. The molecular formula is C24H26F2N6O2. The number of aliphatic imine (C=N–C) groups is 1. The molecule has 0 aliphatic carbocycles. The average Bonchev–Trinajstić information content (AvgIpc) is 3.47. The van der Waals surface area contributed by atoms with Crippen molar-refractivity contribution in [2.75, 3.05) is 26.7 Å². The lowest BCUT2D eigenvalue weighted by Crippen LogP contribution is -2.29. The van der Waals surface area contributed by atoms with Gasteiger partial charge in [0, 0.05) is 37.6 Å². The molecule has 2 N–H and O–H groups in total. The summed E-state index contributed by atoms with van der Waals surface area (Å²) in [6, 6.07) is 10.3. The second-order valence-electron chi connectivity index (χ2n) is 8.14. The molecule has 10 heteroatoms. The molecule has 0 saturated carbocycles. The maximum Gasteiger partial charge on any atom is 0.295 e. The summed E-state index contributed by atoms with van der Waals surface area (Å²) in [4.78, 5) is 27.0. The summed E-state index contributed by atoms with van der Waals surface area (Å²) in [5.41, 5.74) is 8.17. The van der Waals surface area contributed by atoms with E-state index in [4.69, 9.17) is 10.5 Å². The van der Waals surface area contributed by atoms with Crippen LogP contribution in [0.2, 0.25) is 0 Å². The lowest BCUT2D eigenvalue weighted by molar-refractivity contribution is 0.0787. The number of carbonyl (C=O) groups is 1. The van der Waals surface area contributed by atoms with Crippen molar-refractivity contribution in [3.05, 3.63) is 60.1 Å². The molecule has 2 aromatic heterocycles. The molecule has 0 unspecified atom stereocenters. The highest BCUT2D eigenvalue weighted by atomic mass is 19.3. The fourth-order valence-electron chi connectivity index (χ4n) is 4.10. The summed E-state index contributed by atoms with van der Waals surface area (Å²) in [6.45, 7) is 3.32. The highest BCUT2D eigenvalue weighted by Crippen LogP contribution is 2.27. The fraction of sp³-hybridized carbons (Fsp3) is 0.333. The van der Waals surface area contributed by atoms with Crippen molar-refractivity contribution in [2.24, 2.45) is 16.6 Å². The number of nitrogens with zero attached hydrogens (tertiary/aromatic N) is 5. The predicted molar refractivity (Wildman–Crippen MR) is 126 cm³/mol. The number of pyridine rings is 1. The van der Waals surface area contributed by atoms with Gasteiger partial charge in [-0.05, 0) is 43.5 Å². The van der Waals surface area contributed by atoms with Gasteiger partial charge in [0.05, 0.1) is 23.7 Å². The van der Waals surface area contributed by atoms with Gasteiger partial charge in [0.15, 0.2) is 5.82 Å². The van der Waals surface area contributed by atoms with Crippen molar-refractivity contribution in [1.82, 2.24) is 19.4 Å². The lowest BCUT2D eigenvalue weighted by atomic mass is 10.1. The van der Waals surface area contributed by atoms with Gasteiger partial charge in [-0.25, -0.2) is 18.7 Å². The number of allylic oxidation sites excluding steroid dienone is 1. The van der Waals surface area contributed by atoms with Crippen LogP contribution in [-0.2, 0) is 0 Å². The van der Waals surface area contributed by atoms with Gasteiger partial charge in [0.25, 0.3) is 12.3 Å². The van der Waals surface area contributed by atoms with Crippen molar-refractivity contribution in [2.45, 2.75) is 19.8 Å². The van der Waals surface area contributed by atoms with Crippen molar-refractivity contribution >= 4 is 28.5 Å². The first kappa shape index (κ1) is 23.3. The van der Waals surface area contributed by atoms with E-state index in [1.165, 1.54) is 17.9 Å². The number of hydrogen-bond acceptors (Lipinski definition) is 5. The minimum Gasteiger partial charge on any atom is -0.481 e. The summed E-state index contributed by atoms with van der Waals surface area (Å²) >= 11 is 0. The third-order valence-electron chi connectivity index (χ3n) is 5.79. The third-order valence-corrected chi connectivity index (χ3v) is 5.79. The fourth-order valence-corrected chi connectivity index (χ4v) is 4.10. The van der Waals surface area contributed by atoms with Crippen LogP contribution < -0.4 is 10.5 Å². The van der Waals surface area contributed by atoms with E-state index in [1.807, 2.05) is 0 Å². The average molecular weight is 469 g/mol. The Kier molecular flexibility index (Phi) is 6.85. The molecule has 0 bridgehead atoms. The first-order valence-corrected chi connectivity index (χ1v) is 10.9. The number of amides is 1. The molecule has 1 aliphatic heterocycles. The number of imidazole rings is 1. The summed E-state index contributed by atoms with van der Waals surface area (Å²) in [5, 5.41) is 0. The molecular weight excluding hydrogens is 442 g/mol. The van der Waals surface area contributed by atoms with E-state index >= 15 is 0 Å². The summed E-state index contributed by atoms with van der Waals surface area (Å²) < 4.78 is 33.6. The topological polar surface area (TPSA) is 98.6 Å². The molecule has 3 aromatic rings. The van der Waals surface area contributed by atoms with Crippen molar-refractivity contribution in [1.29, 1.82) is 0 Å². The van der Waals surface area contributed by atoms with E-state index in [2.05, 4.69) is 15.0 Å². The van der Waals surface area contributed by atoms with Crippen LogP contribution >= 0.6 is 0 Å². The number of methoxy groups -OCH3 is 1. The van der Waals surface area contributed by atoms with Gasteiger partial charge in [-0.2, -0.15) is 0 Å². The number of amidine groups is 1. The summed E-state index contributed by atoms with van der Waals surface area (Å²) in [7, 11) is 1.52. The van der Waals surface area contributed by atoms with Gasteiger partial charge in [-0.3, -0.25) is 14.4 Å². The first-order chi connectivity index (χ1) is 16.4. The number of benzene rings is 1. The van der Waals surface area contributed by atoms with Gasteiger partial charge in [0.1, 0.15) is 5.84 Å². The second kappa shape index (κ2) is 9.98. The van der Waals surface area contributed by atoms with Crippen LogP contribution in [0.5, 0.6) is 5.88 Å². The zero-order valence-corrected chi connectivity index (χ0v) is 19.0. The van der Waals surface area contributed by atoms with E-state index in [0.717, 1.165) is 6.42 Å². The molecule has 1 aromatic carbocycles. The lowest BCUT2D eigenvalue weighted by Gasteiger charge is -2.16. The van der Waals surface area contributed by atoms with E-state index in [9.17, 15) is 13.6 Å². The van der Waals surface area contributed by atoms with E-state index < -0.39 is 6.43 Å². The number of ether oxygens (including phenoxy) is 1. The summed E-state index contributed by atoms with van der Waals surface area (Å²) in [6.07, 6.45) is 1.15. The van der Waals surface area contributed by atoms with Crippen LogP contribution in [0.1, 0.15) is 36.0 Å². The molecule has 8 nitrogen and oxygen atoms in total. The van der Waals surface area contributed by atoms with E-state index in [-0.39, 0.29) is 23.5 Å². The minimum atomic E-state index is -2.73. The normalized spacial score (nSPS) is 17.1. The minimum absolute atomic E-state index is 0.0862. The molecule has 0 spiro atoms. The SMILES string of the molecule is COc1ccc(C(=O)N2CC[C@H](CN=C(N)/C=C(\C)n3c(C(F)F)nc4ccccc43)C2)cn1. The third kappa shape index (κ3) is 4.90. The zero-order valence-electron chi connectivity index (χ0n) is 19.0. The number of para-hydroxylation sites is 2. The highest BCUT2D eigenvalue weighted by Gasteiger charge is 2.27. The van der Waals surface area contributed by atoms with Crippen LogP contribution in [0, 0.1) is 5.92 Å². The molecule has 34 heavy (non-hydrogen) atoms. The smallest absolute Gasteiger partial charge is 0.295 e. The number of carbonyl (C=O) groups excluding carboxylic acids is 1. The van der Waals surface area contributed by atoms with Gasteiger partial charge in [0.2, 0.25) is 5.88 Å². The van der Waals surface area contributed by atoms with Crippen molar-refractivity contribution in [3.8, 4) is 5.88 Å². The standard InChI is InChI=1S/C24H26F2N6O2/c1-15(32-19-6-4-3-5-18(19)30-23(32)22(25)26)11-20(27)28-12-16-9-10-31(14-16)24(33)17-7-8-21(34-2)29-13-17/h3-8,11,13,16,22H,9-10,12,14H2,1-2H3,(H2,27,28)/b15-11+/t16-/m1/s1. The number of aromatic nitrogens is 3. The van der Waals surface area contributed by atoms with Crippen LogP contribution in [0.3, 0.4) is 0 Å². The number of rotatable bonds is 7.